The number of carbonyl (C=O) groups excluding carboxylic acids is 1. The molecule has 3 atom stereocenters. The highest BCUT2D eigenvalue weighted by Crippen LogP contribution is 2.48. The minimum Gasteiger partial charge on any atom is -0.462 e. The number of nitrogens with one attached hydrogen (secondary N) is 2. The van der Waals surface area contributed by atoms with Gasteiger partial charge in [-0.3, -0.25) is 9.32 Å². The van der Waals surface area contributed by atoms with Crippen molar-refractivity contribution in [3.05, 3.63) is 60.4 Å². The van der Waals surface area contributed by atoms with E-state index in [-0.39, 0.29) is 24.2 Å². The van der Waals surface area contributed by atoms with Crippen LogP contribution in [0.3, 0.4) is 0 Å². The van der Waals surface area contributed by atoms with Crippen molar-refractivity contribution in [1.29, 1.82) is 0 Å². The fourth-order valence-corrected chi connectivity index (χ4v) is 6.04. The van der Waals surface area contributed by atoms with Crippen LogP contribution in [0.1, 0.15) is 40.4 Å². The first-order valence-corrected chi connectivity index (χ1v) is 15.0. The fraction of sp³-hybridized carbons (Fsp3) is 0.393. The molecule has 0 aliphatic carbocycles. The number of fused-ring (bicyclic) bond motifs is 3. The quantitative estimate of drug-likeness (QED) is 0.102. The monoisotopic (exact) mass is 584 g/mol. The number of esters is 1. The number of imidazole rings is 1. The molecule has 2 aromatic heterocycles. The number of rotatable bonds is 13. The first-order chi connectivity index (χ1) is 19.4. The summed E-state index contributed by atoms with van der Waals surface area (Å²) in [5, 5.41) is 18.2. The van der Waals surface area contributed by atoms with E-state index in [9.17, 15) is 14.5 Å². The summed E-state index contributed by atoms with van der Waals surface area (Å²) in [6.07, 6.45) is -0.383. The van der Waals surface area contributed by atoms with Gasteiger partial charge < -0.3 is 30.0 Å². The van der Waals surface area contributed by atoms with Gasteiger partial charge in [-0.25, -0.2) is 14.5 Å². The molecule has 1 unspecified atom stereocenters. The molecule has 0 radical (unpaired) electrons. The van der Waals surface area contributed by atoms with Gasteiger partial charge in [0, 0.05) is 5.39 Å². The third kappa shape index (κ3) is 7.41. The van der Waals surface area contributed by atoms with Gasteiger partial charge in [-0.2, -0.15) is 5.09 Å². The van der Waals surface area contributed by atoms with Crippen LogP contribution in [0.4, 0.5) is 5.82 Å². The van der Waals surface area contributed by atoms with Crippen molar-refractivity contribution in [3.63, 3.8) is 0 Å². The Labute approximate surface area is 238 Å². The van der Waals surface area contributed by atoms with Gasteiger partial charge in [-0.15, -0.1) is 0 Å². The lowest BCUT2D eigenvalue weighted by Crippen LogP contribution is -2.41. The largest absolute Gasteiger partial charge is 0.462 e. The summed E-state index contributed by atoms with van der Waals surface area (Å²) in [5.41, 5.74) is 8.06. The predicted molar refractivity (Wildman–Crippen MR) is 157 cm³/mol. The van der Waals surface area contributed by atoms with E-state index < -0.39 is 25.5 Å². The Kier molecular flexibility index (Phi) is 9.31. The maximum absolute atomic E-state index is 14.1. The lowest BCUT2D eigenvalue weighted by Gasteiger charge is -2.31. The minimum atomic E-state index is -4.38. The summed E-state index contributed by atoms with van der Waals surface area (Å²) < 4.78 is 32.7. The van der Waals surface area contributed by atoms with E-state index in [0.717, 1.165) is 5.39 Å². The van der Waals surface area contributed by atoms with Crippen LogP contribution in [0.15, 0.2) is 54.6 Å². The van der Waals surface area contributed by atoms with Crippen molar-refractivity contribution < 1.29 is 28.3 Å². The Morgan fingerprint density at radius 1 is 1.12 bits per heavy atom. The molecule has 41 heavy (non-hydrogen) atoms. The van der Waals surface area contributed by atoms with Crippen molar-refractivity contribution in [1.82, 2.24) is 24.9 Å². The zero-order valence-corrected chi connectivity index (χ0v) is 24.7. The van der Waals surface area contributed by atoms with Gasteiger partial charge in [-0.05, 0) is 52.4 Å². The molecule has 12 nitrogen and oxygen atoms in total. The number of para-hydroxylation sites is 2. The summed E-state index contributed by atoms with van der Waals surface area (Å²) in [4.78, 5) is 21.7. The normalized spacial score (nSPS) is 15.5. The Morgan fingerprint density at radius 3 is 2.49 bits per heavy atom. The van der Waals surface area contributed by atoms with Gasteiger partial charge in [0.2, 0.25) is 0 Å². The lowest BCUT2D eigenvalue weighted by molar-refractivity contribution is -0.150. The molecule has 0 amide bonds. The highest BCUT2D eigenvalue weighted by molar-refractivity contribution is 7.52. The molecular weight excluding hydrogens is 547 g/mol. The standard InChI is InChI=1S/C28H37N6O6P/c1-6-30-16-23-32-24-25(21-14-10-11-15-22(21)31-26(24)29)34(23)17-28(5,36)40-41(37,39-20-12-8-7-9-13-20)33-19(4)27(35)38-18(2)3/h7-15,18-19,30,36H,6,16-17H2,1-5H3,(H2,29,31)(H,33,37)/t19-,28?,41+/m0/s1. The Morgan fingerprint density at radius 2 is 1.80 bits per heavy atom. The van der Waals surface area contributed by atoms with Crippen molar-refractivity contribution in [3.8, 4) is 5.75 Å². The molecule has 0 aliphatic rings. The van der Waals surface area contributed by atoms with E-state index in [1.54, 1.807) is 48.7 Å². The van der Waals surface area contributed by atoms with Crippen LogP contribution in [0.5, 0.6) is 5.75 Å². The number of nitrogen functional groups attached to an aromatic ring is 1. The zero-order valence-electron chi connectivity index (χ0n) is 23.8. The molecule has 0 spiro atoms. The number of nitrogens with zero attached hydrogens (tertiary/aromatic N) is 3. The second-order valence-electron chi connectivity index (χ2n) is 10.1. The maximum atomic E-state index is 14.1. The van der Waals surface area contributed by atoms with Crippen LogP contribution in [0.2, 0.25) is 0 Å². The smallest absolute Gasteiger partial charge is 0.462 e. The fourth-order valence-electron chi connectivity index (χ4n) is 4.34. The Hall–Kier alpha value is -3.54. The number of ether oxygens (including phenoxy) is 1. The van der Waals surface area contributed by atoms with Crippen LogP contribution in [0.25, 0.3) is 21.9 Å². The van der Waals surface area contributed by atoms with Gasteiger partial charge in [-0.1, -0.05) is 43.3 Å². The second kappa shape index (κ2) is 12.5. The number of nitrogens with two attached hydrogens (primary N) is 1. The molecule has 0 saturated carbocycles. The molecule has 2 heterocycles. The van der Waals surface area contributed by atoms with Crippen molar-refractivity contribution in [2.24, 2.45) is 0 Å². The first kappa shape index (κ1) is 30.4. The third-order valence-electron chi connectivity index (χ3n) is 6.02. The molecule has 4 rings (SSSR count). The summed E-state index contributed by atoms with van der Waals surface area (Å²) in [7, 11) is -4.38. The van der Waals surface area contributed by atoms with Crippen LogP contribution >= 0.6 is 7.75 Å². The number of pyridine rings is 1. The SMILES string of the molecule is CCNCc1nc2c(N)nc3ccccc3c2n1CC(C)(O)O[P@@](=O)(N[C@@H](C)C(=O)OC(C)C)Oc1ccccc1. The molecule has 5 N–H and O–H groups in total. The van der Waals surface area contributed by atoms with E-state index in [0.29, 0.717) is 35.5 Å². The summed E-state index contributed by atoms with van der Waals surface area (Å²) in [5.74, 6) is -1.70. The molecule has 0 saturated heterocycles. The third-order valence-corrected chi connectivity index (χ3v) is 7.81. The average Bonchev–Trinajstić information content (AvgIpc) is 3.25. The molecule has 13 heteroatoms. The molecular formula is C28H37N6O6P. The highest BCUT2D eigenvalue weighted by Gasteiger charge is 2.40. The average molecular weight is 585 g/mol. The number of carbonyl (C=O) groups is 1. The number of benzene rings is 2. The summed E-state index contributed by atoms with van der Waals surface area (Å²) in [6, 6.07) is 14.7. The molecule has 220 valence electrons. The van der Waals surface area contributed by atoms with Gasteiger partial charge in [0.1, 0.15) is 23.1 Å². The molecule has 0 fully saturated rings. The Balaban J connectivity index is 1.73. The van der Waals surface area contributed by atoms with Crippen LogP contribution in [-0.2, 0) is 31.7 Å². The minimum absolute atomic E-state index is 0.202. The molecule has 2 aromatic carbocycles. The van der Waals surface area contributed by atoms with E-state index in [1.807, 2.05) is 31.2 Å². The number of anilines is 1. The second-order valence-corrected chi connectivity index (χ2v) is 11.7. The number of hydrogen-bond donors (Lipinski definition) is 4. The van der Waals surface area contributed by atoms with Gasteiger partial charge in [0.15, 0.2) is 11.6 Å². The van der Waals surface area contributed by atoms with Crippen LogP contribution in [-0.4, -0.2) is 50.1 Å². The molecule has 0 aliphatic heterocycles. The van der Waals surface area contributed by atoms with Crippen LogP contribution < -0.4 is 20.7 Å². The van der Waals surface area contributed by atoms with E-state index in [1.165, 1.54) is 13.8 Å². The van der Waals surface area contributed by atoms with E-state index >= 15 is 0 Å². The van der Waals surface area contributed by atoms with Crippen molar-refractivity contribution in [2.75, 3.05) is 12.3 Å². The Bertz CT molecular complexity index is 1560. The maximum Gasteiger partial charge on any atom is 0.462 e. The van der Waals surface area contributed by atoms with E-state index in [4.69, 9.17) is 24.5 Å². The molecule has 4 aromatic rings. The highest BCUT2D eigenvalue weighted by atomic mass is 31.2. The summed E-state index contributed by atoms with van der Waals surface area (Å²) >= 11 is 0. The number of hydrogen-bond acceptors (Lipinski definition) is 10. The lowest BCUT2D eigenvalue weighted by atomic mass is 10.2. The van der Waals surface area contributed by atoms with E-state index in [2.05, 4.69) is 15.4 Å². The topological polar surface area (TPSA) is 163 Å². The van der Waals surface area contributed by atoms with Gasteiger partial charge in [0.25, 0.3) is 0 Å². The van der Waals surface area contributed by atoms with Gasteiger partial charge >= 0.3 is 13.7 Å². The van der Waals surface area contributed by atoms with Crippen molar-refractivity contribution >= 4 is 41.5 Å². The molecule has 0 bridgehead atoms. The number of aromatic nitrogens is 3. The number of aliphatic hydroxyl groups is 1. The van der Waals surface area contributed by atoms with Crippen molar-refractivity contribution in [2.45, 2.75) is 65.6 Å². The van der Waals surface area contributed by atoms with Crippen LogP contribution in [0, 0.1) is 0 Å². The predicted octanol–water partition coefficient (Wildman–Crippen LogP) is 4.12. The first-order valence-electron chi connectivity index (χ1n) is 13.4. The summed E-state index contributed by atoms with van der Waals surface area (Å²) in [6.45, 7) is 9.06. The van der Waals surface area contributed by atoms with Gasteiger partial charge in [0.05, 0.1) is 30.2 Å². The zero-order chi connectivity index (χ0) is 29.8.